The molecule has 2 aromatic carbocycles. The van der Waals surface area contributed by atoms with E-state index >= 15 is 0 Å². The average molecular weight is 455 g/mol. The number of esters is 1. The largest absolute Gasteiger partial charge is 0.497 e. The smallest absolute Gasteiger partial charge is 0.338 e. The Kier molecular flexibility index (Phi) is 7.82. The molecule has 1 heterocycles. The molecule has 8 nitrogen and oxygen atoms in total. The predicted octanol–water partition coefficient (Wildman–Crippen LogP) is 4.21. The van der Waals surface area contributed by atoms with Gasteiger partial charge in [0.1, 0.15) is 5.75 Å². The third kappa shape index (κ3) is 5.58. The summed E-state index contributed by atoms with van der Waals surface area (Å²) in [6.07, 6.45) is -0.0368. The summed E-state index contributed by atoms with van der Waals surface area (Å²) in [5, 5.41) is 5.61. The Bertz CT molecular complexity index is 1030. The van der Waals surface area contributed by atoms with Crippen LogP contribution < -0.4 is 24.8 Å². The van der Waals surface area contributed by atoms with Gasteiger partial charge < -0.3 is 29.6 Å². The number of carbonyl (C=O) groups is 2. The van der Waals surface area contributed by atoms with E-state index in [9.17, 15) is 9.59 Å². The summed E-state index contributed by atoms with van der Waals surface area (Å²) < 4.78 is 22.2. The SMILES string of the molecule is CCOC(=O)C1=C(c2ccc(OC)cc2)NC(=O)NC1c1ccc(OC(C)C)c(OCC)c1. The number of hydrogen-bond acceptors (Lipinski definition) is 6. The van der Waals surface area contributed by atoms with Gasteiger partial charge in [-0.2, -0.15) is 0 Å². The molecule has 0 aromatic heterocycles. The molecule has 0 fully saturated rings. The summed E-state index contributed by atoms with van der Waals surface area (Å²) in [5.41, 5.74) is 1.99. The van der Waals surface area contributed by atoms with Gasteiger partial charge in [-0.25, -0.2) is 9.59 Å². The van der Waals surface area contributed by atoms with E-state index in [0.717, 1.165) is 0 Å². The molecule has 0 radical (unpaired) electrons. The van der Waals surface area contributed by atoms with E-state index in [2.05, 4.69) is 10.6 Å². The standard InChI is InChI=1S/C25H30N2O6/c1-6-31-20-14-17(10-13-19(20)33-15(3)4)23-21(24(28)32-7-2)22(26-25(29)27-23)16-8-11-18(30-5)12-9-16/h8-15,23H,6-7H2,1-5H3,(H2,26,27,29). The molecule has 2 aromatic rings. The van der Waals surface area contributed by atoms with Crippen LogP contribution in [0.25, 0.3) is 5.70 Å². The van der Waals surface area contributed by atoms with E-state index in [1.165, 1.54) is 0 Å². The van der Waals surface area contributed by atoms with Gasteiger partial charge in [0.05, 0.1) is 43.7 Å². The van der Waals surface area contributed by atoms with E-state index in [1.807, 2.05) is 20.8 Å². The molecule has 33 heavy (non-hydrogen) atoms. The molecule has 0 spiro atoms. The van der Waals surface area contributed by atoms with Crippen molar-refractivity contribution < 1.29 is 28.5 Å². The summed E-state index contributed by atoms with van der Waals surface area (Å²) in [5.74, 6) is 1.26. The Balaban J connectivity index is 2.14. The van der Waals surface area contributed by atoms with Crippen LogP contribution >= 0.6 is 0 Å². The average Bonchev–Trinajstić information content (AvgIpc) is 2.79. The van der Waals surface area contributed by atoms with Crippen molar-refractivity contribution in [2.45, 2.75) is 39.8 Å². The van der Waals surface area contributed by atoms with Crippen LogP contribution in [-0.2, 0) is 9.53 Å². The van der Waals surface area contributed by atoms with Gasteiger partial charge in [-0.3, -0.25) is 0 Å². The predicted molar refractivity (Wildman–Crippen MR) is 124 cm³/mol. The quantitative estimate of drug-likeness (QED) is 0.551. The summed E-state index contributed by atoms with van der Waals surface area (Å²) in [6, 6.07) is 11.3. The van der Waals surface area contributed by atoms with Gasteiger partial charge in [-0.1, -0.05) is 6.07 Å². The second kappa shape index (κ2) is 10.8. The highest BCUT2D eigenvalue weighted by Gasteiger charge is 2.35. The van der Waals surface area contributed by atoms with Gasteiger partial charge in [0.25, 0.3) is 0 Å². The summed E-state index contributed by atoms with van der Waals surface area (Å²) in [7, 11) is 1.57. The van der Waals surface area contributed by atoms with Crippen LogP contribution in [0, 0.1) is 0 Å². The molecular formula is C25H30N2O6. The van der Waals surface area contributed by atoms with E-state index in [0.29, 0.717) is 46.3 Å². The lowest BCUT2D eigenvalue weighted by Gasteiger charge is -2.30. The lowest BCUT2D eigenvalue weighted by Crippen LogP contribution is -2.45. The molecule has 1 aliphatic heterocycles. The van der Waals surface area contributed by atoms with Crippen molar-refractivity contribution in [3.8, 4) is 17.2 Å². The maximum Gasteiger partial charge on any atom is 0.338 e. The first-order chi connectivity index (χ1) is 15.9. The van der Waals surface area contributed by atoms with Gasteiger partial charge >= 0.3 is 12.0 Å². The number of amides is 2. The normalized spacial score (nSPS) is 15.6. The van der Waals surface area contributed by atoms with Crippen molar-refractivity contribution in [3.05, 3.63) is 59.2 Å². The number of urea groups is 1. The molecule has 8 heteroatoms. The Hall–Kier alpha value is -3.68. The van der Waals surface area contributed by atoms with Crippen molar-refractivity contribution in [1.29, 1.82) is 0 Å². The first kappa shape index (κ1) is 24.0. The molecule has 1 atom stereocenters. The molecule has 3 rings (SSSR count). The second-order valence-corrected chi connectivity index (χ2v) is 7.57. The molecule has 2 N–H and O–H groups in total. The number of methoxy groups -OCH3 is 1. The van der Waals surface area contributed by atoms with Crippen LogP contribution in [0.3, 0.4) is 0 Å². The molecule has 2 amide bonds. The maximum absolute atomic E-state index is 13.1. The Labute approximate surface area is 193 Å². The third-order valence-corrected chi connectivity index (χ3v) is 4.91. The molecule has 0 bridgehead atoms. The van der Waals surface area contributed by atoms with Crippen molar-refractivity contribution in [2.75, 3.05) is 20.3 Å². The number of ether oxygens (including phenoxy) is 4. The molecule has 1 unspecified atom stereocenters. The van der Waals surface area contributed by atoms with Crippen LogP contribution in [0.2, 0.25) is 0 Å². The van der Waals surface area contributed by atoms with E-state index in [-0.39, 0.29) is 12.7 Å². The maximum atomic E-state index is 13.1. The highest BCUT2D eigenvalue weighted by Crippen LogP contribution is 2.37. The van der Waals surface area contributed by atoms with Crippen LogP contribution in [0.15, 0.2) is 48.0 Å². The fourth-order valence-corrected chi connectivity index (χ4v) is 3.55. The van der Waals surface area contributed by atoms with Crippen LogP contribution in [0.4, 0.5) is 4.79 Å². The van der Waals surface area contributed by atoms with Crippen molar-refractivity contribution in [1.82, 2.24) is 10.6 Å². The van der Waals surface area contributed by atoms with Crippen LogP contribution in [-0.4, -0.2) is 38.4 Å². The van der Waals surface area contributed by atoms with Gasteiger partial charge in [-0.05, 0) is 75.2 Å². The second-order valence-electron chi connectivity index (χ2n) is 7.57. The van der Waals surface area contributed by atoms with Gasteiger partial charge in [0.2, 0.25) is 0 Å². The van der Waals surface area contributed by atoms with E-state index in [1.54, 1.807) is 56.5 Å². The Morgan fingerprint density at radius 2 is 1.76 bits per heavy atom. The minimum absolute atomic E-state index is 0.0368. The topological polar surface area (TPSA) is 95.1 Å². The zero-order valence-corrected chi connectivity index (χ0v) is 19.6. The number of benzene rings is 2. The van der Waals surface area contributed by atoms with Gasteiger partial charge in [0.15, 0.2) is 11.5 Å². The van der Waals surface area contributed by atoms with Crippen molar-refractivity contribution >= 4 is 17.7 Å². The lowest BCUT2D eigenvalue weighted by molar-refractivity contribution is -0.138. The highest BCUT2D eigenvalue weighted by molar-refractivity contribution is 6.04. The molecule has 0 aliphatic carbocycles. The zero-order valence-electron chi connectivity index (χ0n) is 19.6. The van der Waals surface area contributed by atoms with Crippen LogP contribution in [0.1, 0.15) is 44.9 Å². The fraction of sp³-hybridized carbons (Fsp3) is 0.360. The molecular weight excluding hydrogens is 424 g/mol. The number of hydrogen-bond donors (Lipinski definition) is 2. The molecule has 0 saturated heterocycles. The van der Waals surface area contributed by atoms with Gasteiger partial charge in [0, 0.05) is 0 Å². The first-order valence-corrected chi connectivity index (χ1v) is 10.9. The number of nitrogens with one attached hydrogen (secondary N) is 2. The third-order valence-electron chi connectivity index (χ3n) is 4.91. The Morgan fingerprint density at radius 3 is 2.36 bits per heavy atom. The minimum Gasteiger partial charge on any atom is -0.497 e. The van der Waals surface area contributed by atoms with Gasteiger partial charge in [-0.15, -0.1) is 0 Å². The monoisotopic (exact) mass is 454 g/mol. The Morgan fingerprint density at radius 1 is 1.03 bits per heavy atom. The van der Waals surface area contributed by atoms with Crippen molar-refractivity contribution in [2.24, 2.45) is 0 Å². The first-order valence-electron chi connectivity index (χ1n) is 10.9. The summed E-state index contributed by atoms with van der Waals surface area (Å²) in [4.78, 5) is 25.7. The highest BCUT2D eigenvalue weighted by atomic mass is 16.5. The minimum atomic E-state index is -0.748. The van der Waals surface area contributed by atoms with E-state index < -0.39 is 18.0 Å². The summed E-state index contributed by atoms with van der Waals surface area (Å²) >= 11 is 0. The molecule has 176 valence electrons. The fourth-order valence-electron chi connectivity index (χ4n) is 3.55. The number of rotatable bonds is 9. The lowest BCUT2D eigenvalue weighted by atomic mass is 9.92. The molecule has 1 aliphatic rings. The van der Waals surface area contributed by atoms with Crippen LogP contribution in [0.5, 0.6) is 17.2 Å². The van der Waals surface area contributed by atoms with E-state index in [4.69, 9.17) is 18.9 Å². The molecule has 0 saturated carbocycles. The van der Waals surface area contributed by atoms with Crippen molar-refractivity contribution in [3.63, 3.8) is 0 Å². The number of carbonyl (C=O) groups excluding carboxylic acids is 2. The zero-order chi connectivity index (χ0) is 24.0. The summed E-state index contributed by atoms with van der Waals surface area (Å²) in [6.45, 7) is 8.11.